The lowest BCUT2D eigenvalue weighted by Gasteiger charge is -2.24. The molecule has 106 valence electrons. The standard InChI is InChI=1S/C13H17N5OS/c1-14-12(19-9-4-2-6-15-8-9)18-13-17-10-5-3-7-16-11(10)20-13/h3,5,7,9,15H,2,4,6,8H2,1H3,(H,14,17,18). The van der Waals surface area contributed by atoms with Crippen LogP contribution in [0.1, 0.15) is 12.8 Å². The number of hydrogen-bond acceptors (Lipinski definition) is 6. The lowest BCUT2D eigenvalue weighted by atomic mass is 10.1. The number of anilines is 1. The maximum absolute atomic E-state index is 5.86. The second-order valence-electron chi connectivity index (χ2n) is 4.59. The summed E-state index contributed by atoms with van der Waals surface area (Å²) in [5.41, 5.74) is 0.884. The Morgan fingerprint density at radius 1 is 1.60 bits per heavy atom. The smallest absolute Gasteiger partial charge is 0.291 e. The Bertz CT molecular complexity index is 573. The molecule has 7 heteroatoms. The van der Waals surface area contributed by atoms with Gasteiger partial charge in [-0.15, -0.1) is 0 Å². The average Bonchev–Trinajstić information content (AvgIpc) is 2.90. The Morgan fingerprint density at radius 2 is 2.55 bits per heavy atom. The molecule has 0 amide bonds. The number of pyridine rings is 1. The van der Waals surface area contributed by atoms with Gasteiger partial charge in [0.25, 0.3) is 6.02 Å². The molecule has 20 heavy (non-hydrogen) atoms. The second-order valence-corrected chi connectivity index (χ2v) is 5.56. The Labute approximate surface area is 121 Å². The van der Waals surface area contributed by atoms with Crippen molar-refractivity contribution < 1.29 is 4.74 Å². The predicted octanol–water partition coefficient (Wildman–Crippen LogP) is 1.86. The van der Waals surface area contributed by atoms with Crippen molar-refractivity contribution in [1.29, 1.82) is 0 Å². The normalized spacial score (nSPS) is 20.1. The van der Waals surface area contributed by atoms with Crippen molar-refractivity contribution in [1.82, 2.24) is 15.3 Å². The van der Waals surface area contributed by atoms with E-state index in [2.05, 4.69) is 25.6 Å². The Balaban J connectivity index is 1.67. The minimum absolute atomic E-state index is 0.169. The van der Waals surface area contributed by atoms with E-state index in [9.17, 15) is 0 Å². The van der Waals surface area contributed by atoms with Gasteiger partial charge in [0.05, 0.1) is 0 Å². The van der Waals surface area contributed by atoms with Crippen molar-refractivity contribution >= 4 is 32.8 Å². The first-order valence-electron chi connectivity index (χ1n) is 6.68. The average molecular weight is 291 g/mol. The van der Waals surface area contributed by atoms with Crippen LogP contribution in [-0.4, -0.2) is 42.2 Å². The van der Waals surface area contributed by atoms with E-state index in [1.807, 2.05) is 12.1 Å². The van der Waals surface area contributed by atoms with Crippen LogP contribution in [0.2, 0.25) is 0 Å². The number of nitrogens with zero attached hydrogens (tertiary/aromatic N) is 3. The molecule has 1 aliphatic rings. The topological polar surface area (TPSA) is 71.4 Å². The van der Waals surface area contributed by atoms with Gasteiger partial charge in [-0.25, -0.2) is 15.0 Å². The molecule has 0 saturated carbocycles. The molecule has 1 aliphatic heterocycles. The first-order valence-corrected chi connectivity index (χ1v) is 7.49. The highest BCUT2D eigenvalue weighted by Gasteiger charge is 2.17. The lowest BCUT2D eigenvalue weighted by molar-refractivity contribution is 0.154. The third-order valence-corrected chi connectivity index (χ3v) is 4.01. The largest absolute Gasteiger partial charge is 0.460 e. The van der Waals surface area contributed by atoms with Crippen LogP contribution in [0, 0.1) is 0 Å². The number of thiazole rings is 1. The number of nitrogens with one attached hydrogen (secondary N) is 2. The van der Waals surface area contributed by atoms with Gasteiger partial charge in [-0.2, -0.15) is 0 Å². The molecule has 2 N–H and O–H groups in total. The summed E-state index contributed by atoms with van der Waals surface area (Å²) in [6, 6.07) is 4.33. The summed E-state index contributed by atoms with van der Waals surface area (Å²) in [4.78, 5) is 13.8. The molecule has 6 nitrogen and oxygen atoms in total. The van der Waals surface area contributed by atoms with Crippen molar-refractivity contribution in [3.63, 3.8) is 0 Å². The summed E-state index contributed by atoms with van der Waals surface area (Å²) >= 11 is 1.49. The van der Waals surface area contributed by atoms with E-state index in [4.69, 9.17) is 4.74 Å². The number of ether oxygens (including phenoxy) is 1. The van der Waals surface area contributed by atoms with Gasteiger partial charge in [-0.3, -0.25) is 5.32 Å². The molecule has 1 fully saturated rings. The maximum Gasteiger partial charge on any atom is 0.291 e. The highest BCUT2D eigenvalue weighted by molar-refractivity contribution is 7.21. The van der Waals surface area contributed by atoms with Gasteiger partial charge in [0, 0.05) is 19.8 Å². The monoisotopic (exact) mass is 291 g/mol. The Kier molecular flexibility index (Phi) is 4.08. The molecular formula is C13H17N5OS. The molecular weight excluding hydrogens is 274 g/mol. The number of aromatic nitrogens is 2. The molecule has 0 radical (unpaired) electrons. The van der Waals surface area contributed by atoms with Crippen molar-refractivity contribution in [2.24, 2.45) is 4.99 Å². The number of fused-ring (bicyclic) bond motifs is 1. The summed E-state index contributed by atoms with van der Waals surface area (Å²) in [5.74, 6) is 0. The van der Waals surface area contributed by atoms with Crippen LogP contribution in [0.5, 0.6) is 0 Å². The van der Waals surface area contributed by atoms with Gasteiger partial charge in [-0.1, -0.05) is 11.3 Å². The van der Waals surface area contributed by atoms with E-state index in [0.29, 0.717) is 6.02 Å². The van der Waals surface area contributed by atoms with Crippen LogP contribution >= 0.6 is 11.3 Å². The quantitative estimate of drug-likeness (QED) is 0.653. The van der Waals surface area contributed by atoms with Gasteiger partial charge in [0.2, 0.25) is 0 Å². The third kappa shape index (κ3) is 3.05. The van der Waals surface area contributed by atoms with E-state index in [-0.39, 0.29) is 6.10 Å². The summed E-state index contributed by atoms with van der Waals surface area (Å²) < 4.78 is 5.86. The molecule has 1 saturated heterocycles. The first-order chi connectivity index (χ1) is 9.85. The van der Waals surface area contributed by atoms with Crippen LogP contribution in [0.15, 0.2) is 23.3 Å². The Hall–Kier alpha value is -1.73. The van der Waals surface area contributed by atoms with Gasteiger partial charge in [0.15, 0.2) is 5.13 Å². The number of rotatable bonds is 2. The number of hydrogen-bond donors (Lipinski definition) is 2. The van der Waals surface area contributed by atoms with Crippen LogP contribution in [0.3, 0.4) is 0 Å². The molecule has 1 atom stereocenters. The van der Waals surface area contributed by atoms with Crippen molar-refractivity contribution in [3.8, 4) is 0 Å². The van der Waals surface area contributed by atoms with E-state index in [1.165, 1.54) is 11.3 Å². The highest BCUT2D eigenvalue weighted by atomic mass is 32.1. The summed E-state index contributed by atoms with van der Waals surface area (Å²) in [6.45, 7) is 1.93. The Morgan fingerprint density at radius 3 is 3.30 bits per heavy atom. The van der Waals surface area contributed by atoms with Crippen LogP contribution in [-0.2, 0) is 4.74 Å². The summed E-state index contributed by atoms with van der Waals surface area (Å²) in [5, 5.41) is 7.20. The molecule has 0 spiro atoms. The van der Waals surface area contributed by atoms with Gasteiger partial charge in [-0.05, 0) is 31.5 Å². The van der Waals surface area contributed by atoms with E-state index < -0.39 is 0 Å². The van der Waals surface area contributed by atoms with Crippen molar-refractivity contribution in [3.05, 3.63) is 18.3 Å². The highest BCUT2D eigenvalue weighted by Crippen LogP contribution is 2.23. The van der Waals surface area contributed by atoms with E-state index >= 15 is 0 Å². The zero-order chi connectivity index (χ0) is 13.8. The minimum Gasteiger partial charge on any atom is -0.460 e. The van der Waals surface area contributed by atoms with Gasteiger partial charge >= 0.3 is 0 Å². The number of aliphatic imine (C=N–C) groups is 1. The fourth-order valence-electron chi connectivity index (χ4n) is 2.13. The van der Waals surface area contributed by atoms with Crippen LogP contribution < -0.4 is 10.6 Å². The molecule has 2 aromatic rings. The first kappa shape index (κ1) is 13.3. The molecule has 0 bridgehead atoms. The SMILES string of the molecule is CN=C(Nc1nc2cccnc2s1)OC1CCCNC1. The summed E-state index contributed by atoms with van der Waals surface area (Å²) in [7, 11) is 1.71. The third-order valence-electron chi connectivity index (χ3n) is 3.11. The predicted molar refractivity (Wildman–Crippen MR) is 81.4 cm³/mol. The van der Waals surface area contributed by atoms with Gasteiger partial charge < -0.3 is 10.1 Å². The molecule has 2 aromatic heterocycles. The van der Waals surface area contributed by atoms with Crippen LogP contribution in [0.25, 0.3) is 10.3 Å². The molecule has 1 unspecified atom stereocenters. The maximum atomic E-state index is 5.86. The fourth-order valence-corrected chi connectivity index (χ4v) is 2.93. The molecule has 3 rings (SSSR count). The minimum atomic E-state index is 0.169. The van der Waals surface area contributed by atoms with Crippen molar-refractivity contribution in [2.75, 3.05) is 25.5 Å². The molecule has 3 heterocycles. The van der Waals surface area contributed by atoms with Crippen LogP contribution in [0.4, 0.5) is 5.13 Å². The zero-order valence-electron chi connectivity index (χ0n) is 11.3. The van der Waals surface area contributed by atoms with Gasteiger partial charge in [0.1, 0.15) is 16.5 Å². The van der Waals surface area contributed by atoms with E-state index in [0.717, 1.165) is 41.4 Å². The van der Waals surface area contributed by atoms with E-state index in [1.54, 1.807) is 13.2 Å². The summed E-state index contributed by atoms with van der Waals surface area (Å²) in [6.07, 6.45) is 4.12. The van der Waals surface area contributed by atoms with Crippen molar-refractivity contribution in [2.45, 2.75) is 18.9 Å². The molecule has 0 aromatic carbocycles. The number of piperidine rings is 1. The number of amidine groups is 1. The fraction of sp³-hybridized carbons (Fsp3) is 0.462. The second kappa shape index (κ2) is 6.15. The zero-order valence-corrected chi connectivity index (χ0v) is 12.1. The molecule has 0 aliphatic carbocycles. The lowest BCUT2D eigenvalue weighted by Crippen LogP contribution is -2.38.